The Morgan fingerprint density at radius 1 is 0.244 bits per heavy atom. The Morgan fingerprint density at radius 3 is 0.748 bits per heavy atom. The maximum atomic E-state index is 12.5. The van der Waals surface area contributed by atoms with Gasteiger partial charge in [-0.2, -0.15) is 0 Å². The Labute approximate surface area is 720 Å². The van der Waals surface area contributed by atoms with Crippen molar-refractivity contribution in [3.63, 3.8) is 0 Å². The summed E-state index contributed by atoms with van der Waals surface area (Å²) in [6.07, 6.45) is 9.16. The van der Waals surface area contributed by atoms with E-state index in [9.17, 15) is 49.5 Å². The molecule has 0 aliphatic heterocycles. The molecule has 0 radical (unpaired) electrons. The molecule has 10 nitrogen and oxygen atoms in total. The van der Waals surface area contributed by atoms with Crippen LogP contribution >= 0.6 is 0 Å². The molecule has 10 unspecified atom stereocenters. The molecule has 18 aromatic carbocycles. The fourth-order valence-electron chi connectivity index (χ4n) is 27.8. The van der Waals surface area contributed by atoms with Crippen molar-refractivity contribution in [2.45, 2.75) is 84.9 Å². The van der Waals surface area contributed by atoms with Gasteiger partial charge in [-0.25, -0.2) is 24.0 Å². The Balaban J connectivity index is 0.00000106. The Morgan fingerprint density at radius 2 is 0.480 bits per heavy atom. The fourth-order valence-corrected chi connectivity index (χ4v) is 27.8. The van der Waals surface area contributed by atoms with E-state index < -0.39 is 46.1 Å². The van der Waals surface area contributed by atoms with Gasteiger partial charge >= 0.3 is 46.9 Å². The van der Waals surface area contributed by atoms with Gasteiger partial charge < -0.3 is 40.4 Å². The van der Waals surface area contributed by atoms with Crippen molar-refractivity contribution in [3.8, 4) is 55.6 Å². The number of hydrogen-bond acceptors (Lipinski definition) is 5. The number of carboxylic acids is 5. The summed E-state index contributed by atoms with van der Waals surface area (Å²) in [5, 5.41) is 69.8. The maximum Gasteiger partial charge on any atom is 2.00 e. The second kappa shape index (κ2) is 26.1. The minimum atomic E-state index is -0.974. The Kier molecular flexibility index (Phi) is 15.9. The van der Waals surface area contributed by atoms with Crippen molar-refractivity contribution in [3.05, 3.63) is 383 Å². The predicted octanol–water partition coefficient (Wildman–Crippen LogP) is 26.1. The van der Waals surface area contributed by atoms with Crippen LogP contribution in [-0.2, 0) is 33.3 Å². The minimum absolute atomic E-state index is 0. The van der Waals surface area contributed by atoms with E-state index in [1.54, 1.807) is 60.7 Å². The molecule has 123 heavy (non-hydrogen) atoms. The van der Waals surface area contributed by atoms with Gasteiger partial charge in [-0.1, -0.05) is 250 Å². The van der Waals surface area contributed by atoms with Crippen molar-refractivity contribution >= 4 is 105 Å². The smallest absolute Gasteiger partial charge is 0.478 e. The molecule has 0 saturated heterocycles. The first-order valence-corrected chi connectivity index (χ1v) is 42.4. The van der Waals surface area contributed by atoms with Gasteiger partial charge in [0.1, 0.15) is 0 Å². The van der Waals surface area contributed by atoms with Gasteiger partial charge in [0.2, 0.25) is 0 Å². The normalized spacial score (nSPS) is 23.7. The summed E-state index contributed by atoms with van der Waals surface area (Å²) in [6.45, 7) is 0. The van der Waals surface area contributed by atoms with E-state index in [1.165, 1.54) is 169 Å². The predicted molar refractivity (Wildman–Crippen MR) is 483 cm³/mol. The third kappa shape index (κ3) is 9.20. The Hall–Kier alpha value is -13.3. The molecule has 0 amide bonds. The third-order valence-corrected chi connectivity index (χ3v) is 31.8. The first kappa shape index (κ1) is 74.7. The minimum Gasteiger partial charge on any atom is -0.478 e. The van der Waals surface area contributed by atoms with Gasteiger partial charge in [0.05, 0.1) is 33.2 Å². The van der Waals surface area contributed by atoms with E-state index in [0.29, 0.717) is 0 Å². The van der Waals surface area contributed by atoms with Crippen LogP contribution in [0.3, 0.4) is 0 Å². The molecule has 9 aliphatic carbocycles. The van der Waals surface area contributed by atoms with Crippen LogP contribution in [0.4, 0.5) is 0 Å². The molecule has 9 aliphatic rings. The van der Waals surface area contributed by atoms with Crippen LogP contribution in [0.1, 0.15) is 182 Å². The van der Waals surface area contributed by atoms with E-state index in [0.717, 1.165) is 68.5 Å². The van der Waals surface area contributed by atoms with Crippen molar-refractivity contribution in [1.29, 1.82) is 0 Å². The largest absolute Gasteiger partial charge is 2.00 e. The van der Waals surface area contributed by atoms with E-state index in [2.05, 4.69) is 158 Å². The maximum absolute atomic E-state index is 12.5. The van der Waals surface area contributed by atoms with Crippen molar-refractivity contribution in [1.82, 2.24) is 0 Å². The molecule has 5 N–H and O–H groups in total. The van der Waals surface area contributed by atoms with Crippen molar-refractivity contribution in [2.24, 2.45) is 29.6 Å². The number of benzene rings is 16. The first-order valence-electron chi connectivity index (χ1n) is 42.4. The van der Waals surface area contributed by atoms with E-state index in [-0.39, 0.29) is 113 Å². The zero-order valence-electron chi connectivity index (χ0n) is 67.3. The molecule has 596 valence electrons. The molecule has 27 rings (SSSR count). The molecule has 0 heterocycles. The van der Waals surface area contributed by atoms with Gasteiger partial charge in [0, 0.05) is 10.8 Å². The van der Waals surface area contributed by atoms with Gasteiger partial charge in [0.15, 0.2) is 0 Å². The molecule has 0 spiro atoms. The average molecular weight is 1640 g/mol. The third-order valence-electron chi connectivity index (χ3n) is 31.8. The van der Waals surface area contributed by atoms with Crippen molar-refractivity contribution < 1.29 is 66.6 Å². The van der Waals surface area contributed by atoms with Gasteiger partial charge in [0.25, 0.3) is 0 Å². The number of rotatable bonds is 15. The van der Waals surface area contributed by atoms with Crippen LogP contribution in [0.15, 0.2) is 279 Å². The molecule has 0 bridgehead atoms. The van der Waals surface area contributed by atoms with E-state index in [1.807, 2.05) is 60.7 Å². The zero-order chi connectivity index (χ0) is 80.2. The second-order valence-corrected chi connectivity index (χ2v) is 36.0. The number of hydrogen-bond donors (Lipinski definition) is 5. The van der Waals surface area contributed by atoms with E-state index >= 15 is 0 Å². The summed E-state index contributed by atoms with van der Waals surface area (Å²) in [6, 6.07) is 98.9. The SMILES string of the molecule is C1CCCC1.O=C(O)c1ccc(-c2ccc(C3CC4c5ccc6c7ccc8c9ccc%10c%11c%12c%13c%14c%15c%16c(c5c6c%15c7c8c%14c%119)C4(c4ccc(-c5ccc(C(=O)O)cc5)cc4)[C@@H]4C3C3C(c5ccc(-c6ccc(C(=O)O)cc6)cc5)CC%10C%12(c5ccc(-c6ccc(C(=O)O)cc6)cc5)[C@@H]3C4C%16%13c3ccc(-c4ccc(C(=O)O)cc4)cc3)cc2)cc1.[CH3-].[CH3-].[Fe+2]. The van der Waals surface area contributed by atoms with Crippen molar-refractivity contribution in [2.75, 3.05) is 0 Å². The summed E-state index contributed by atoms with van der Waals surface area (Å²) in [5.74, 6) is -5.27. The molecular weight excluding hydrogens is 1560 g/mol. The van der Waals surface area contributed by atoms with Crippen LogP contribution in [0.5, 0.6) is 0 Å². The van der Waals surface area contributed by atoms with Crippen LogP contribution in [-0.4, -0.2) is 55.4 Å². The monoisotopic (exact) mass is 1640 g/mol. The molecule has 12 atom stereocenters. The summed E-state index contributed by atoms with van der Waals surface area (Å²) < 4.78 is 0. The first-order chi connectivity index (χ1) is 58.7. The topological polar surface area (TPSA) is 186 Å². The summed E-state index contributed by atoms with van der Waals surface area (Å²) in [4.78, 5) is 62.0. The van der Waals surface area contributed by atoms with Gasteiger partial charge in [-0.05, 0) is 319 Å². The molecule has 11 heteroatoms. The molecule has 18 aromatic rings. The number of carboxylic acid groups (broad SMARTS) is 5. The molecule has 0 aromatic heterocycles. The van der Waals surface area contributed by atoms with Crippen LogP contribution in [0, 0.1) is 44.4 Å². The quantitative estimate of drug-likeness (QED) is 0.0376. The van der Waals surface area contributed by atoms with Gasteiger partial charge in [-0.3, -0.25) is 0 Å². The van der Waals surface area contributed by atoms with E-state index in [4.69, 9.17) is 0 Å². The second-order valence-electron chi connectivity index (χ2n) is 36.0. The number of carbonyl (C=O) groups is 5. The fraction of sp³-hybridized carbons (Fsp3) is 0.170. The van der Waals surface area contributed by atoms with Crippen LogP contribution < -0.4 is 0 Å². The average Bonchev–Trinajstić information content (AvgIpc) is 1.41. The zero-order valence-corrected chi connectivity index (χ0v) is 68.4. The van der Waals surface area contributed by atoms with Gasteiger partial charge in [-0.15, -0.1) is 0 Å². The summed E-state index contributed by atoms with van der Waals surface area (Å²) in [7, 11) is 0. The van der Waals surface area contributed by atoms with Crippen LogP contribution in [0.25, 0.3) is 131 Å². The standard InChI is InChI=1S/C105H64O10.C5H10.2CH3.Fe/c106-98(107)61-19-5-51(6-20-61)49-1-15-59(16-2-49)75-47-77-73-45-43-71-69-41-42-70-72-44-46-74-78-48-76(60-17-3-50(4-18-60)52-7-21-62(22-8-52)99(108)109)86-85(75)93-97-94(86)104(78,67-37-31-57(32-38-67)54-11-25-64(26-12-54)101(112)113)92-84(74)82(72)88-80(70)79(69)87-81(71)83(73)91(103(77,93)66-35-29-56(30-36-66)53-9-23-63(24-10-53)100(110)111)95-89(87)90(88)96(92)105(95,97)68-39-33-58(34-40-68)55-13-27-65(28-14-55)102(114)115;1-2-4-5-3-1;;;/h1-46,75-78,85-86,93-94,97H,47-48H2,(H,106,107)(H,108,109)(H,110,111)(H,112,113)(H,114,115);1-5H2;2*1H3;/q;;2*-1;+2/t75?,76?,77?,78?,85?,86?,93-,94+,97?,103?,104?,105?;;;;. The molecule has 4 fully saturated rings. The molecular formula is C112H80FeO10. The summed E-state index contributed by atoms with van der Waals surface area (Å²) >= 11 is 0. The number of fused-ring (bicyclic) bond motifs is 5. The summed E-state index contributed by atoms with van der Waals surface area (Å²) in [5.41, 5.74) is 23.8. The Bertz CT molecular complexity index is 7130. The van der Waals surface area contributed by atoms with Crippen LogP contribution in [0.2, 0.25) is 0 Å². The number of aromatic carboxylic acids is 5. The molecule has 4 saturated carbocycles.